The van der Waals surface area contributed by atoms with Crippen LogP contribution in [0.4, 0.5) is 0 Å². The van der Waals surface area contributed by atoms with Crippen LogP contribution in [-0.4, -0.2) is 33.5 Å². The van der Waals surface area contributed by atoms with E-state index >= 15 is 0 Å². The summed E-state index contributed by atoms with van der Waals surface area (Å²) in [5.74, 6) is 2.30. The van der Waals surface area contributed by atoms with Gasteiger partial charge in [0.25, 0.3) is 0 Å². The number of methoxy groups -OCH3 is 3. The van der Waals surface area contributed by atoms with Crippen molar-refractivity contribution in [2.45, 2.75) is 32.6 Å². The van der Waals surface area contributed by atoms with Crippen molar-refractivity contribution < 1.29 is 23.7 Å². The quantitative estimate of drug-likeness (QED) is 0.375. The molecule has 5 nitrogen and oxygen atoms in total. The van der Waals surface area contributed by atoms with Crippen molar-refractivity contribution in [1.82, 2.24) is 0 Å². The van der Waals surface area contributed by atoms with Crippen LogP contribution in [0.5, 0.6) is 23.0 Å². The van der Waals surface area contributed by atoms with Crippen molar-refractivity contribution >= 4 is 19.4 Å². The molecule has 1 unspecified atom stereocenters. The summed E-state index contributed by atoms with van der Waals surface area (Å²) in [5.41, 5.74) is 0.380. The maximum Gasteiger partial charge on any atom is 0.193 e. The molecule has 0 bridgehead atoms. The molecular weight excluding hydrogens is 375 g/mol. The van der Waals surface area contributed by atoms with E-state index in [2.05, 4.69) is 6.92 Å². The van der Waals surface area contributed by atoms with Gasteiger partial charge in [-0.2, -0.15) is 0 Å². The zero-order chi connectivity index (χ0) is 20.4. The Bertz CT molecular complexity index is 733. The van der Waals surface area contributed by atoms with Gasteiger partial charge in [-0.3, -0.25) is 4.79 Å². The van der Waals surface area contributed by atoms with E-state index in [0.29, 0.717) is 22.8 Å². The normalized spacial score (nSPS) is 10.9. The molecule has 0 aromatic heterocycles. The highest BCUT2D eigenvalue weighted by Gasteiger charge is 2.20. The summed E-state index contributed by atoms with van der Waals surface area (Å²) in [4.78, 5) is 12.9. The molecule has 0 fully saturated rings. The molecule has 0 heterocycles. The molecule has 0 saturated heterocycles. The maximum absolute atomic E-state index is 12.9. The standard InChI is InChI=1S/C22H29O5P/c1-5-6-7-8-13-27-16-9-11-18(12-10-16)28-22(23)21-19(25-3)14-17(24-2)15-20(21)26-4/h9-12,14-15,28H,5-8,13H2,1-4H3. The van der Waals surface area contributed by atoms with Gasteiger partial charge in [-0.1, -0.05) is 38.3 Å². The van der Waals surface area contributed by atoms with E-state index in [0.717, 1.165) is 24.1 Å². The van der Waals surface area contributed by atoms with Crippen LogP contribution in [0.3, 0.4) is 0 Å². The minimum absolute atomic E-state index is 0.0447. The van der Waals surface area contributed by atoms with Gasteiger partial charge in [0.05, 0.1) is 27.9 Å². The van der Waals surface area contributed by atoms with Crippen LogP contribution in [0, 0.1) is 0 Å². The SMILES string of the molecule is CCCCCCOc1ccc(PC(=O)c2c(OC)cc(OC)cc2OC)cc1. The number of benzene rings is 2. The number of ether oxygens (including phenoxy) is 4. The Morgan fingerprint density at radius 2 is 1.50 bits per heavy atom. The Morgan fingerprint density at radius 1 is 0.857 bits per heavy atom. The molecule has 28 heavy (non-hydrogen) atoms. The van der Waals surface area contributed by atoms with Gasteiger partial charge in [0.15, 0.2) is 5.52 Å². The van der Waals surface area contributed by atoms with E-state index < -0.39 is 0 Å². The smallest absolute Gasteiger partial charge is 0.193 e. The molecule has 2 rings (SSSR count). The number of unbranched alkanes of at least 4 members (excludes halogenated alkanes) is 3. The van der Waals surface area contributed by atoms with Gasteiger partial charge in [0, 0.05) is 12.1 Å². The van der Waals surface area contributed by atoms with Gasteiger partial charge in [-0.05, 0) is 32.4 Å². The molecule has 152 valence electrons. The lowest BCUT2D eigenvalue weighted by Crippen LogP contribution is -2.06. The molecule has 0 spiro atoms. The summed E-state index contributed by atoms with van der Waals surface area (Å²) in [5, 5.41) is 0.934. The maximum atomic E-state index is 12.9. The van der Waals surface area contributed by atoms with Crippen molar-refractivity contribution in [3.8, 4) is 23.0 Å². The average molecular weight is 404 g/mol. The highest BCUT2D eigenvalue weighted by atomic mass is 31.1. The first-order valence-electron chi connectivity index (χ1n) is 9.47. The van der Waals surface area contributed by atoms with Crippen molar-refractivity contribution in [3.05, 3.63) is 42.0 Å². The largest absolute Gasteiger partial charge is 0.496 e. The third kappa shape index (κ3) is 6.13. The molecule has 0 aliphatic rings. The van der Waals surface area contributed by atoms with Gasteiger partial charge in [0.1, 0.15) is 28.6 Å². The lowest BCUT2D eigenvalue weighted by Gasteiger charge is -2.14. The van der Waals surface area contributed by atoms with Gasteiger partial charge >= 0.3 is 0 Å². The Hall–Kier alpha value is -2.26. The minimum Gasteiger partial charge on any atom is -0.496 e. The minimum atomic E-state index is -0.0513. The topological polar surface area (TPSA) is 54.0 Å². The second-order valence-electron chi connectivity index (χ2n) is 6.29. The molecule has 0 radical (unpaired) electrons. The van der Waals surface area contributed by atoms with Crippen molar-refractivity contribution in [1.29, 1.82) is 0 Å². The Kier molecular flexibility index (Phi) is 9.09. The monoisotopic (exact) mass is 404 g/mol. The van der Waals surface area contributed by atoms with E-state index in [1.165, 1.54) is 33.5 Å². The molecule has 2 aromatic rings. The first kappa shape index (κ1) is 22.0. The number of carbonyl (C=O) groups is 1. The van der Waals surface area contributed by atoms with Gasteiger partial charge < -0.3 is 18.9 Å². The van der Waals surface area contributed by atoms with E-state index in [1.807, 2.05) is 24.3 Å². The summed E-state index contributed by atoms with van der Waals surface area (Å²) in [6.07, 6.45) is 4.71. The van der Waals surface area contributed by atoms with Crippen LogP contribution in [-0.2, 0) is 0 Å². The number of rotatable bonds is 12. The highest BCUT2D eigenvalue weighted by molar-refractivity contribution is 7.66. The fraction of sp³-hybridized carbons (Fsp3) is 0.409. The second kappa shape index (κ2) is 11.6. The highest BCUT2D eigenvalue weighted by Crippen LogP contribution is 2.37. The third-order valence-electron chi connectivity index (χ3n) is 4.32. The second-order valence-corrected chi connectivity index (χ2v) is 7.58. The Morgan fingerprint density at radius 3 is 2.04 bits per heavy atom. The van der Waals surface area contributed by atoms with Crippen molar-refractivity contribution in [3.63, 3.8) is 0 Å². The Balaban J connectivity index is 2.04. The molecule has 1 atom stereocenters. The molecule has 6 heteroatoms. The predicted molar refractivity (Wildman–Crippen MR) is 114 cm³/mol. The lowest BCUT2D eigenvalue weighted by atomic mass is 10.2. The zero-order valence-electron chi connectivity index (χ0n) is 17.0. The molecular formula is C22H29O5P. The molecule has 0 saturated carbocycles. The fourth-order valence-corrected chi connectivity index (χ4v) is 3.74. The fourth-order valence-electron chi connectivity index (χ4n) is 2.78. The van der Waals surface area contributed by atoms with Crippen molar-refractivity contribution in [2.24, 2.45) is 0 Å². The summed E-state index contributed by atoms with van der Waals surface area (Å²) < 4.78 is 21.8. The Labute approximate surface area is 169 Å². The van der Waals surface area contributed by atoms with Gasteiger partial charge in [-0.25, -0.2) is 0 Å². The summed E-state index contributed by atoms with van der Waals surface area (Å²) in [6.45, 7) is 2.92. The first-order chi connectivity index (χ1) is 13.6. The van der Waals surface area contributed by atoms with Crippen LogP contribution in [0.2, 0.25) is 0 Å². The van der Waals surface area contributed by atoms with Crippen LogP contribution >= 0.6 is 8.58 Å². The molecule has 0 amide bonds. The van der Waals surface area contributed by atoms with Crippen molar-refractivity contribution in [2.75, 3.05) is 27.9 Å². The average Bonchev–Trinajstić information content (AvgIpc) is 2.73. The van der Waals surface area contributed by atoms with E-state index in [-0.39, 0.29) is 14.1 Å². The number of hydrogen-bond acceptors (Lipinski definition) is 5. The zero-order valence-corrected chi connectivity index (χ0v) is 18.0. The lowest BCUT2D eigenvalue weighted by molar-refractivity contribution is 0.108. The molecule has 0 N–H and O–H groups in total. The van der Waals surface area contributed by atoms with Gasteiger partial charge in [0.2, 0.25) is 0 Å². The predicted octanol–water partition coefficient (Wildman–Crippen LogP) is 4.82. The number of hydrogen-bond donors (Lipinski definition) is 0. The van der Waals surface area contributed by atoms with E-state index in [9.17, 15) is 4.79 Å². The summed E-state index contributed by atoms with van der Waals surface area (Å²) >= 11 is 0. The first-order valence-corrected chi connectivity index (χ1v) is 10.5. The van der Waals surface area contributed by atoms with Gasteiger partial charge in [-0.15, -0.1) is 0 Å². The molecule has 2 aromatic carbocycles. The summed E-state index contributed by atoms with van der Waals surface area (Å²) in [7, 11) is 4.57. The number of carbonyl (C=O) groups excluding carboxylic acids is 1. The van der Waals surface area contributed by atoms with Crippen LogP contribution in [0.25, 0.3) is 0 Å². The summed E-state index contributed by atoms with van der Waals surface area (Å²) in [6, 6.07) is 11.1. The third-order valence-corrected chi connectivity index (χ3v) is 5.42. The van der Waals surface area contributed by atoms with Crippen LogP contribution in [0.15, 0.2) is 36.4 Å². The molecule has 0 aliphatic carbocycles. The van der Waals surface area contributed by atoms with E-state index in [1.54, 1.807) is 19.2 Å². The van der Waals surface area contributed by atoms with E-state index in [4.69, 9.17) is 18.9 Å². The molecule has 0 aliphatic heterocycles. The van der Waals surface area contributed by atoms with Crippen LogP contribution in [0.1, 0.15) is 43.0 Å². The van der Waals surface area contributed by atoms with Crippen LogP contribution < -0.4 is 24.3 Å².